The van der Waals surface area contributed by atoms with Crippen LogP contribution in [0.2, 0.25) is 0 Å². The third-order valence-corrected chi connectivity index (χ3v) is 6.25. The molecular formula is C29H24N4O. The van der Waals surface area contributed by atoms with Crippen molar-refractivity contribution >= 4 is 11.0 Å². The van der Waals surface area contributed by atoms with Crippen LogP contribution in [0.4, 0.5) is 0 Å². The highest BCUT2D eigenvalue weighted by molar-refractivity contribution is 6.02. The van der Waals surface area contributed by atoms with Crippen molar-refractivity contribution in [2.24, 2.45) is 0 Å². The fourth-order valence-corrected chi connectivity index (χ4v) is 4.46. The summed E-state index contributed by atoms with van der Waals surface area (Å²) < 4.78 is 1.84. The van der Waals surface area contributed by atoms with Gasteiger partial charge in [0.1, 0.15) is 11.8 Å². The van der Waals surface area contributed by atoms with Crippen LogP contribution in [0.25, 0.3) is 39.1 Å². The number of nitriles is 1. The van der Waals surface area contributed by atoms with Crippen molar-refractivity contribution in [2.75, 3.05) is 0 Å². The molecule has 0 saturated heterocycles. The quantitative estimate of drug-likeness (QED) is 0.343. The van der Waals surface area contributed by atoms with Gasteiger partial charge in [0.25, 0.3) is 0 Å². The molecule has 34 heavy (non-hydrogen) atoms. The van der Waals surface area contributed by atoms with E-state index in [1.165, 1.54) is 5.56 Å². The van der Waals surface area contributed by atoms with E-state index in [0.29, 0.717) is 28.0 Å². The van der Waals surface area contributed by atoms with E-state index in [0.717, 1.165) is 34.3 Å². The third-order valence-electron chi connectivity index (χ3n) is 6.25. The van der Waals surface area contributed by atoms with Crippen molar-refractivity contribution in [3.63, 3.8) is 0 Å². The molecule has 2 aromatic heterocycles. The van der Waals surface area contributed by atoms with Crippen molar-refractivity contribution < 1.29 is 5.11 Å². The Bertz CT molecular complexity index is 1570. The number of rotatable bonds is 4. The van der Waals surface area contributed by atoms with E-state index in [-0.39, 0.29) is 5.75 Å². The molecular weight excluding hydrogens is 420 g/mol. The standard InChI is InChI=1S/C29H24N4O/c1-4-20-13-15-21(16-14-20)28-23(17-30)27(22-10-6-8-12-25(22)34)26-19(3)32-33(29(26)31-28)24-11-7-5-9-18(24)2/h5-16,34H,4H2,1-3H3. The Morgan fingerprint density at radius 3 is 2.32 bits per heavy atom. The summed E-state index contributed by atoms with van der Waals surface area (Å²) in [6, 6.07) is 25.6. The number of para-hydroxylation sites is 2. The average molecular weight is 445 g/mol. The van der Waals surface area contributed by atoms with E-state index < -0.39 is 0 Å². The largest absolute Gasteiger partial charge is 0.507 e. The Morgan fingerprint density at radius 1 is 0.941 bits per heavy atom. The summed E-state index contributed by atoms with van der Waals surface area (Å²) in [5, 5.41) is 26.7. The number of phenolic OH excluding ortho intramolecular Hbond substituents is 1. The van der Waals surface area contributed by atoms with Crippen LogP contribution in [-0.2, 0) is 6.42 Å². The number of aromatic hydroxyl groups is 1. The lowest BCUT2D eigenvalue weighted by molar-refractivity contribution is 0.477. The summed E-state index contributed by atoms with van der Waals surface area (Å²) in [5.41, 5.74) is 7.68. The first-order valence-corrected chi connectivity index (χ1v) is 11.3. The van der Waals surface area contributed by atoms with Crippen molar-refractivity contribution in [3.8, 4) is 39.9 Å². The number of hydrogen-bond donors (Lipinski definition) is 1. The van der Waals surface area contributed by atoms with Gasteiger partial charge in [0, 0.05) is 16.7 Å². The summed E-state index contributed by atoms with van der Waals surface area (Å²) in [6.07, 6.45) is 0.931. The molecule has 5 aromatic rings. The van der Waals surface area contributed by atoms with Gasteiger partial charge in [0.15, 0.2) is 5.65 Å². The molecule has 0 saturated carbocycles. The second-order valence-electron chi connectivity index (χ2n) is 8.37. The van der Waals surface area contributed by atoms with E-state index in [1.807, 2.05) is 67.1 Å². The van der Waals surface area contributed by atoms with Gasteiger partial charge in [0.2, 0.25) is 0 Å². The highest BCUT2D eigenvalue weighted by atomic mass is 16.3. The van der Waals surface area contributed by atoms with E-state index in [9.17, 15) is 10.4 Å². The Kier molecular flexibility index (Phi) is 5.35. The molecule has 0 amide bonds. The maximum atomic E-state index is 10.8. The number of hydrogen-bond acceptors (Lipinski definition) is 4. The zero-order chi connectivity index (χ0) is 23.8. The SMILES string of the molecule is CCc1ccc(-c2nc3c(c(C)nn3-c3ccccc3C)c(-c3ccccc3O)c2C#N)cc1. The number of pyridine rings is 1. The zero-order valence-electron chi connectivity index (χ0n) is 19.4. The average Bonchev–Trinajstić information content (AvgIpc) is 3.19. The number of phenols is 1. The number of nitrogens with zero attached hydrogens (tertiary/aromatic N) is 4. The van der Waals surface area contributed by atoms with Gasteiger partial charge in [0.05, 0.1) is 28.0 Å². The van der Waals surface area contributed by atoms with Crippen molar-refractivity contribution in [1.29, 1.82) is 5.26 Å². The predicted octanol–water partition coefficient (Wildman–Crippen LogP) is 6.51. The minimum absolute atomic E-state index is 0.113. The zero-order valence-corrected chi connectivity index (χ0v) is 19.4. The first-order chi connectivity index (χ1) is 16.5. The molecule has 166 valence electrons. The summed E-state index contributed by atoms with van der Waals surface area (Å²) in [5.74, 6) is 0.113. The van der Waals surface area contributed by atoms with Crippen LogP contribution in [0, 0.1) is 25.2 Å². The maximum Gasteiger partial charge on any atom is 0.164 e. The fraction of sp³-hybridized carbons (Fsp3) is 0.138. The molecule has 0 atom stereocenters. The van der Waals surface area contributed by atoms with E-state index in [4.69, 9.17) is 10.1 Å². The van der Waals surface area contributed by atoms with Gasteiger partial charge in [-0.2, -0.15) is 10.4 Å². The van der Waals surface area contributed by atoms with Gasteiger partial charge in [-0.05, 0) is 43.5 Å². The van der Waals surface area contributed by atoms with Gasteiger partial charge >= 0.3 is 0 Å². The monoisotopic (exact) mass is 444 g/mol. The van der Waals surface area contributed by atoms with Gasteiger partial charge in [-0.3, -0.25) is 0 Å². The molecule has 0 aliphatic rings. The molecule has 0 radical (unpaired) electrons. The second-order valence-corrected chi connectivity index (χ2v) is 8.37. The molecule has 5 heteroatoms. The van der Waals surface area contributed by atoms with Crippen molar-refractivity contribution in [2.45, 2.75) is 27.2 Å². The second kappa shape index (κ2) is 8.49. The van der Waals surface area contributed by atoms with E-state index in [2.05, 4.69) is 25.1 Å². The smallest absolute Gasteiger partial charge is 0.164 e. The summed E-state index contributed by atoms with van der Waals surface area (Å²) in [7, 11) is 0. The Labute approximate surface area is 198 Å². The normalized spacial score (nSPS) is 11.0. The van der Waals surface area contributed by atoms with Crippen LogP contribution in [-0.4, -0.2) is 19.9 Å². The third kappa shape index (κ3) is 3.41. The highest BCUT2D eigenvalue weighted by Crippen LogP contribution is 2.42. The van der Waals surface area contributed by atoms with Crippen LogP contribution in [0.3, 0.4) is 0 Å². The molecule has 0 aliphatic heterocycles. The minimum Gasteiger partial charge on any atom is -0.507 e. The van der Waals surface area contributed by atoms with Gasteiger partial charge in [-0.25, -0.2) is 9.67 Å². The molecule has 0 bridgehead atoms. The van der Waals surface area contributed by atoms with Gasteiger partial charge in [-0.15, -0.1) is 0 Å². The molecule has 5 rings (SSSR count). The molecule has 3 aromatic carbocycles. The molecule has 0 spiro atoms. The predicted molar refractivity (Wildman–Crippen MR) is 135 cm³/mol. The summed E-state index contributed by atoms with van der Waals surface area (Å²) in [4.78, 5) is 5.02. The van der Waals surface area contributed by atoms with Crippen LogP contribution >= 0.6 is 0 Å². The number of aromatic nitrogens is 3. The minimum atomic E-state index is 0.113. The maximum absolute atomic E-state index is 10.8. The summed E-state index contributed by atoms with van der Waals surface area (Å²) in [6.45, 7) is 6.06. The highest BCUT2D eigenvalue weighted by Gasteiger charge is 2.25. The Balaban J connectivity index is 1.94. The van der Waals surface area contributed by atoms with Crippen LogP contribution in [0.15, 0.2) is 72.8 Å². The molecule has 0 unspecified atom stereocenters. The van der Waals surface area contributed by atoms with Gasteiger partial charge in [-0.1, -0.05) is 67.6 Å². The lowest BCUT2D eigenvalue weighted by Crippen LogP contribution is -2.02. The van der Waals surface area contributed by atoms with Crippen LogP contribution < -0.4 is 0 Å². The van der Waals surface area contributed by atoms with Crippen molar-refractivity contribution in [3.05, 3.63) is 95.2 Å². The molecule has 0 fully saturated rings. The van der Waals surface area contributed by atoms with Crippen LogP contribution in [0.5, 0.6) is 5.75 Å². The first-order valence-electron chi connectivity index (χ1n) is 11.3. The molecule has 0 aliphatic carbocycles. The van der Waals surface area contributed by atoms with Gasteiger partial charge < -0.3 is 5.11 Å². The lowest BCUT2D eigenvalue weighted by atomic mass is 9.92. The Hall–Kier alpha value is -4.43. The molecule has 1 N–H and O–H groups in total. The lowest BCUT2D eigenvalue weighted by Gasteiger charge is -2.14. The summed E-state index contributed by atoms with van der Waals surface area (Å²) >= 11 is 0. The number of benzene rings is 3. The van der Waals surface area contributed by atoms with E-state index in [1.54, 1.807) is 12.1 Å². The topological polar surface area (TPSA) is 74.7 Å². The number of fused-ring (bicyclic) bond motifs is 1. The van der Waals surface area contributed by atoms with Crippen molar-refractivity contribution in [1.82, 2.24) is 14.8 Å². The Morgan fingerprint density at radius 2 is 1.65 bits per heavy atom. The fourth-order valence-electron chi connectivity index (χ4n) is 4.46. The molecule has 2 heterocycles. The van der Waals surface area contributed by atoms with E-state index >= 15 is 0 Å². The first kappa shape index (κ1) is 21.4. The molecule has 5 nitrogen and oxygen atoms in total. The van der Waals surface area contributed by atoms with Crippen LogP contribution in [0.1, 0.15) is 29.3 Å². The number of aryl methyl sites for hydroxylation is 3.